The molecule has 0 spiro atoms. The highest BCUT2D eigenvalue weighted by Gasteiger charge is 2.18. The largest absolute Gasteiger partial charge is 0.279 e. The van der Waals surface area contributed by atoms with Gasteiger partial charge in [-0.15, -0.1) is 11.3 Å². The second-order valence-corrected chi connectivity index (χ2v) is 10.3. The van der Waals surface area contributed by atoms with Gasteiger partial charge in [-0.1, -0.05) is 28.0 Å². The van der Waals surface area contributed by atoms with Crippen LogP contribution in [0.1, 0.15) is 65.1 Å². The van der Waals surface area contributed by atoms with E-state index in [1.165, 1.54) is 41.9 Å². The Hall–Kier alpha value is -0.660. The molecule has 4 nitrogen and oxygen atoms in total. The molecule has 2 N–H and O–H groups in total. The van der Waals surface area contributed by atoms with Crippen molar-refractivity contribution in [3.8, 4) is 0 Å². The molecular weight excluding hydrogens is 360 g/mol. The van der Waals surface area contributed by atoms with Crippen LogP contribution in [0.4, 0.5) is 0 Å². The number of amides is 2. The summed E-state index contributed by atoms with van der Waals surface area (Å²) in [6.07, 6.45) is 9.50. The van der Waals surface area contributed by atoms with Gasteiger partial charge in [0.2, 0.25) is 5.91 Å². The minimum atomic E-state index is -0.192. The smallest absolute Gasteiger partial charge is 0.273 e. The molecule has 1 aliphatic carbocycles. The average molecular weight is 385 g/mol. The van der Waals surface area contributed by atoms with E-state index in [4.69, 9.17) is 0 Å². The van der Waals surface area contributed by atoms with Gasteiger partial charge in [0.05, 0.1) is 4.88 Å². The standard InChI is InChI=1S/C17H24N2O2S3/c20-16(8-4-2-6-13-9-10-22-24-13)18-19-17(21)15-11-12-5-1-3-7-14(12)23-15/h11,13H,1-10H2,(H,18,20)(H,19,21). The minimum Gasteiger partial charge on any atom is -0.273 e. The van der Waals surface area contributed by atoms with Crippen LogP contribution < -0.4 is 10.9 Å². The van der Waals surface area contributed by atoms with Crippen LogP contribution >= 0.6 is 32.9 Å². The summed E-state index contributed by atoms with van der Waals surface area (Å²) in [5.74, 6) is 0.967. The number of nitrogens with one attached hydrogen (secondary N) is 2. The van der Waals surface area contributed by atoms with Gasteiger partial charge in [0.1, 0.15) is 0 Å². The zero-order chi connectivity index (χ0) is 16.8. The lowest BCUT2D eigenvalue weighted by atomic mass is 9.99. The number of hydrogen-bond acceptors (Lipinski definition) is 5. The first-order chi connectivity index (χ1) is 11.7. The Balaban J connectivity index is 1.33. The number of unbranched alkanes of at least 4 members (excludes halogenated alkanes) is 1. The molecule has 1 saturated heterocycles. The highest BCUT2D eigenvalue weighted by molar-refractivity contribution is 8.77. The number of hydrazine groups is 1. The number of carbonyl (C=O) groups excluding carboxylic acids is 2. The lowest BCUT2D eigenvalue weighted by Crippen LogP contribution is -2.41. The highest BCUT2D eigenvalue weighted by atomic mass is 33.1. The highest BCUT2D eigenvalue weighted by Crippen LogP contribution is 2.39. The van der Waals surface area contributed by atoms with Crippen molar-refractivity contribution in [2.24, 2.45) is 0 Å². The molecular formula is C17H24N2O2S3. The molecule has 1 unspecified atom stereocenters. The van der Waals surface area contributed by atoms with E-state index in [0.717, 1.165) is 30.9 Å². The molecule has 1 aromatic rings. The van der Waals surface area contributed by atoms with Crippen molar-refractivity contribution in [2.45, 2.75) is 63.0 Å². The molecule has 0 aromatic carbocycles. The van der Waals surface area contributed by atoms with Gasteiger partial charge in [-0.25, -0.2) is 0 Å². The fraction of sp³-hybridized carbons (Fsp3) is 0.647. The van der Waals surface area contributed by atoms with E-state index in [9.17, 15) is 9.59 Å². The Morgan fingerprint density at radius 1 is 1.17 bits per heavy atom. The summed E-state index contributed by atoms with van der Waals surface area (Å²) in [5, 5.41) is 0.766. The van der Waals surface area contributed by atoms with E-state index in [1.54, 1.807) is 11.3 Å². The summed E-state index contributed by atoms with van der Waals surface area (Å²) in [5.41, 5.74) is 6.41. The van der Waals surface area contributed by atoms with Crippen LogP contribution in [0, 0.1) is 0 Å². The summed E-state index contributed by atoms with van der Waals surface area (Å²) in [6, 6.07) is 1.98. The summed E-state index contributed by atoms with van der Waals surface area (Å²) in [7, 11) is 3.94. The van der Waals surface area contributed by atoms with Gasteiger partial charge in [0, 0.05) is 22.3 Å². The molecule has 1 aromatic heterocycles. The molecule has 0 bridgehead atoms. The maximum absolute atomic E-state index is 12.2. The third-order valence-electron chi connectivity index (χ3n) is 4.44. The SMILES string of the molecule is O=C(CCCCC1CCSS1)NNC(=O)c1cc2c(s1)CCCC2. The molecule has 2 aliphatic rings. The predicted molar refractivity (Wildman–Crippen MR) is 103 cm³/mol. The average Bonchev–Trinajstić information content (AvgIpc) is 3.25. The summed E-state index contributed by atoms with van der Waals surface area (Å²) in [4.78, 5) is 26.0. The Morgan fingerprint density at radius 3 is 2.83 bits per heavy atom. The van der Waals surface area contributed by atoms with Crippen LogP contribution in [0.5, 0.6) is 0 Å². The van der Waals surface area contributed by atoms with Gasteiger partial charge < -0.3 is 0 Å². The topological polar surface area (TPSA) is 58.2 Å². The molecule has 3 rings (SSSR count). The van der Waals surface area contributed by atoms with Crippen LogP contribution in [0.15, 0.2) is 6.07 Å². The number of hydrogen-bond donors (Lipinski definition) is 2. The van der Waals surface area contributed by atoms with Crippen molar-refractivity contribution in [3.63, 3.8) is 0 Å². The minimum absolute atomic E-state index is 0.0990. The fourth-order valence-electron chi connectivity index (χ4n) is 3.08. The maximum atomic E-state index is 12.2. The van der Waals surface area contributed by atoms with E-state index < -0.39 is 0 Å². The van der Waals surface area contributed by atoms with E-state index >= 15 is 0 Å². The van der Waals surface area contributed by atoms with Crippen molar-refractivity contribution >= 4 is 44.7 Å². The van der Waals surface area contributed by atoms with Gasteiger partial charge in [0.25, 0.3) is 5.91 Å². The first-order valence-corrected chi connectivity index (χ1v) is 11.9. The Labute approximate surface area is 155 Å². The molecule has 132 valence electrons. The van der Waals surface area contributed by atoms with Crippen molar-refractivity contribution in [2.75, 3.05) is 5.75 Å². The van der Waals surface area contributed by atoms with Crippen molar-refractivity contribution in [3.05, 3.63) is 21.4 Å². The molecule has 1 fully saturated rings. The van der Waals surface area contributed by atoms with Gasteiger partial charge in [-0.2, -0.15) is 0 Å². The lowest BCUT2D eigenvalue weighted by Gasteiger charge is -2.08. The quantitative estimate of drug-likeness (QED) is 0.440. The summed E-state index contributed by atoms with van der Waals surface area (Å²) in [6.45, 7) is 0. The first kappa shape index (κ1) is 18.1. The van der Waals surface area contributed by atoms with Gasteiger partial charge in [-0.3, -0.25) is 20.4 Å². The Bertz CT molecular complexity index is 559. The molecule has 7 heteroatoms. The Kier molecular flexibility index (Phi) is 6.92. The molecule has 1 aliphatic heterocycles. The van der Waals surface area contributed by atoms with Crippen LogP contribution in [0.3, 0.4) is 0 Å². The number of thiophene rings is 1. The van der Waals surface area contributed by atoms with E-state index in [0.29, 0.717) is 11.3 Å². The van der Waals surface area contributed by atoms with Crippen molar-refractivity contribution in [1.29, 1.82) is 0 Å². The van der Waals surface area contributed by atoms with Crippen LogP contribution in [0.2, 0.25) is 0 Å². The number of fused-ring (bicyclic) bond motifs is 1. The maximum Gasteiger partial charge on any atom is 0.279 e. The second-order valence-electron chi connectivity index (χ2n) is 6.34. The summed E-state index contributed by atoms with van der Waals surface area (Å²) < 4.78 is 0. The molecule has 2 heterocycles. The van der Waals surface area contributed by atoms with Crippen molar-refractivity contribution in [1.82, 2.24) is 10.9 Å². The van der Waals surface area contributed by atoms with Crippen LogP contribution in [-0.2, 0) is 17.6 Å². The van der Waals surface area contributed by atoms with E-state index in [2.05, 4.69) is 10.9 Å². The number of aryl methyl sites for hydroxylation is 2. The van der Waals surface area contributed by atoms with Crippen LogP contribution in [0.25, 0.3) is 0 Å². The molecule has 24 heavy (non-hydrogen) atoms. The third kappa shape index (κ3) is 5.17. The van der Waals surface area contributed by atoms with Crippen LogP contribution in [-0.4, -0.2) is 22.8 Å². The van der Waals surface area contributed by atoms with Gasteiger partial charge in [0.15, 0.2) is 0 Å². The monoisotopic (exact) mass is 384 g/mol. The lowest BCUT2D eigenvalue weighted by molar-refractivity contribution is -0.121. The first-order valence-electron chi connectivity index (χ1n) is 8.71. The molecule has 0 radical (unpaired) electrons. The fourth-order valence-corrected chi connectivity index (χ4v) is 7.25. The third-order valence-corrected chi connectivity index (χ3v) is 8.69. The number of carbonyl (C=O) groups is 2. The predicted octanol–water partition coefficient (Wildman–Crippen LogP) is 4.10. The molecule has 0 saturated carbocycles. The van der Waals surface area contributed by atoms with E-state index in [-0.39, 0.29) is 11.8 Å². The van der Waals surface area contributed by atoms with Crippen molar-refractivity contribution < 1.29 is 9.59 Å². The van der Waals surface area contributed by atoms with Gasteiger partial charge in [-0.05, 0) is 56.6 Å². The zero-order valence-electron chi connectivity index (χ0n) is 13.8. The van der Waals surface area contributed by atoms with Gasteiger partial charge >= 0.3 is 0 Å². The Morgan fingerprint density at radius 2 is 2.04 bits per heavy atom. The second kappa shape index (κ2) is 9.15. The number of rotatable bonds is 6. The molecule has 1 atom stereocenters. The van der Waals surface area contributed by atoms with E-state index in [1.807, 2.05) is 27.7 Å². The summed E-state index contributed by atoms with van der Waals surface area (Å²) >= 11 is 1.56. The molecule has 2 amide bonds. The normalized spacial score (nSPS) is 19.8. The zero-order valence-corrected chi connectivity index (χ0v) is 16.2.